The molecule has 2 heterocycles. The summed E-state index contributed by atoms with van der Waals surface area (Å²) in [6.07, 6.45) is 0.593. The quantitative estimate of drug-likeness (QED) is 0.647. The van der Waals surface area contributed by atoms with Crippen molar-refractivity contribution in [2.75, 3.05) is 12.3 Å². The first-order valence-electron chi connectivity index (χ1n) is 6.97. The second-order valence-corrected chi connectivity index (χ2v) is 5.78. The third kappa shape index (κ3) is 3.17. The molecule has 0 saturated carbocycles. The summed E-state index contributed by atoms with van der Waals surface area (Å²) in [6.45, 7) is 1.49. The number of non-ortho nitro benzene ring substituents is 1. The van der Waals surface area contributed by atoms with Gasteiger partial charge in [0, 0.05) is 43.2 Å². The highest BCUT2D eigenvalue weighted by atomic mass is 35.5. The van der Waals surface area contributed by atoms with Crippen LogP contribution in [0.25, 0.3) is 0 Å². The number of rotatable bonds is 3. The number of aromatic amines is 1. The standard InChI is InChI=1S/C14H14ClN5O3/c15-11-2-1-9(20(22)23)5-8(11)6-19-4-3-12-10(7-19)13(21)18-14(16)17-12/h1-2,5H,3-4,6-7H2,(H3,16,17,18,21). The van der Waals surface area contributed by atoms with Crippen LogP contribution in [0, 0.1) is 10.1 Å². The molecule has 0 bridgehead atoms. The molecule has 0 aliphatic carbocycles. The summed E-state index contributed by atoms with van der Waals surface area (Å²) in [5.74, 6) is 0.115. The number of nitrogens with two attached hydrogens (primary N) is 1. The van der Waals surface area contributed by atoms with E-state index in [1.165, 1.54) is 18.2 Å². The van der Waals surface area contributed by atoms with E-state index >= 15 is 0 Å². The number of nitrogens with zero attached hydrogens (tertiary/aromatic N) is 3. The predicted octanol–water partition coefficient (Wildman–Crippen LogP) is 1.47. The van der Waals surface area contributed by atoms with Crippen LogP contribution >= 0.6 is 11.6 Å². The van der Waals surface area contributed by atoms with Gasteiger partial charge in [-0.25, -0.2) is 4.98 Å². The fourth-order valence-corrected chi connectivity index (χ4v) is 2.85. The molecule has 0 spiro atoms. The Labute approximate surface area is 136 Å². The molecule has 9 heteroatoms. The molecular formula is C14H14ClN5O3. The van der Waals surface area contributed by atoms with Crippen LogP contribution < -0.4 is 11.3 Å². The van der Waals surface area contributed by atoms with E-state index in [9.17, 15) is 14.9 Å². The summed E-state index contributed by atoms with van der Waals surface area (Å²) >= 11 is 6.13. The summed E-state index contributed by atoms with van der Waals surface area (Å²) in [4.78, 5) is 31.0. The van der Waals surface area contributed by atoms with Crippen molar-refractivity contribution in [3.63, 3.8) is 0 Å². The van der Waals surface area contributed by atoms with Gasteiger partial charge >= 0.3 is 0 Å². The van der Waals surface area contributed by atoms with Gasteiger partial charge in [0.2, 0.25) is 5.95 Å². The Bertz CT molecular complexity index is 836. The third-order valence-electron chi connectivity index (χ3n) is 3.80. The summed E-state index contributed by atoms with van der Waals surface area (Å²) in [5.41, 5.74) is 7.22. The Morgan fingerprint density at radius 3 is 3.00 bits per heavy atom. The van der Waals surface area contributed by atoms with Crippen molar-refractivity contribution in [1.82, 2.24) is 14.9 Å². The van der Waals surface area contributed by atoms with Gasteiger partial charge in [-0.15, -0.1) is 0 Å². The molecule has 3 rings (SSSR count). The number of anilines is 1. The highest BCUT2D eigenvalue weighted by molar-refractivity contribution is 6.31. The van der Waals surface area contributed by atoms with Crippen molar-refractivity contribution in [3.8, 4) is 0 Å². The molecule has 1 aromatic heterocycles. The van der Waals surface area contributed by atoms with E-state index in [-0.39, 0.29) is 17.2 Å². The van der Waals surface area contributed by atoms with Crippen LogP contribution in [0.1, 0.15) is 16.8 Å². The largest absolute Gasteiger partial charge is 0.369 e. The molecule has 1 aromatic carbocycles. The second kappa shape index (κ2) is 5.98. The molecule has 1 aliphatic heterocycles. The molecule has 0 fully saturated rings. The van der Waals surface area contributed by atoms with Crippen molar-refractivity contribution in [3.05, 3.63) is 60.5 Å². The third-order valence-corrected chi connectivity index (χ3v) is 4.17. The molecule has 0 radical (unpaired) electrons. The van der Waals surface area contributed by atoms with Crippen molar-refractivity contribution >= 4 is 23.2 Å². The van der Waals surface area contributed by atoms with Gasteiger partial charge in [0.25, 0.3) is 11.2 Å². The molecule has 2 aromatic rings. The molecule has 23 heavy (non-hydrogen) atoms. The minimum Gasteiger partial charge on any atom is -0.369 e. The molecule has 0 amide bonds. The van der Waals surface area contributed by atoms with Gasteiger partial charge in [-0.3, -0.25) is 24.8 Å². The number of H-pyrrole nitrogens is 1. The van der Waals surface area contributed by atoms with Crippen molar-refractivity contribution in [1.29, 1.82) is 0 Å². The van der Waals surface area contributed by atoms with Crippen molar-refractivity contribution in [2.45, 2.75) is 19.5 Å². The highest BCUT2D eigenvalue weighted by Gasteiger charge is 2.22. The van der Waals surface area contributed by atoms with Crippen molar-refractivity contribution in [2.24, 2.45) is 0 Å². The fourth-order valence-electron chi connectivity index (χ4n) is 2.67. The molecule has 1 aliphatic rings. The van der Waals surface area contributed by atoms with Gasteiger partial charge in [-0.05, 0) is 11.6 Å². The van der Waals surface area contributed by atoms with Crippen LogP contribution in [-0.2, 0) is 19.5 Å². The van der Waals surface area contributed by atoms with Gasteiger partial charge in [0.05, 0.1) is 16.2 Å². The number of halogens is 1. The highest BCUT2D eigenvalue weighted by Crippen LogP contribution is 2.25. The first-order chi connectivity index (χ1) is 10.9. The molecule has 0 unspecified atom stereocenters. The SMILES string of the molecule is Nc1nc2c(c(=O)[nH]1)CN(Cc1cc([N+](=O)[O-])ccc1Cl)CC2. The summed E-state index contributed by atoms with van der Waals surface area (Å²) in [6, 6.07) is 4.35. The van der Waals surface area contributed by atoms with E-state index in [0.717, 1.165) is 0 Å². The summed E-state index contributed by atoms with van der Waals surface area (Å²) in [7, 11) is 0. The van der Waals surface area contributed by atoms with Crippen molar-refractivity contribution < 1.29 is 4.92 Å². The topological polar surface area (TPSA) is 118 Å². The lowest BCUT2D eigenvalue weighted by atomic mass is 10.1. The van der Waals surface area contributed by atoms with Gasteiger partial charge in [-0.1, -0.05) is 11.6 Å². The molecule has 3 N–H and O–H groups in total. The molecule has 120 valence electrons. The van der Waals surface area contributed by atoms with Crippen LogP contribution in [0.3, 0.4) is 0 Å². The van der Waals surface area contributed by atoms with Crippen LogP contribution in [0.15, 0.2) is 23.0 Å². The zero-order valence-electron chi connectivity index (χ0n) is 12.1. The van der Waals surface area contributed by atoms with E-state index in [1.807, 2.05) is 4.90 Å². The Balaban J connectivity index is 1.84. The monoisotopic (exact) mass is 335 g/mol. The normalized spacial score (nSPS) is 14.5. The fraction of sp³-hybridized carbons (Fsp3) is 0.286. The van der Waals surface area contributed by atoms with E-state index < -0.39 is 4.92 Å². The van der Waals surface area contributed by atoms with Gasteiger partial charge in [0.15, 0.2) is 0 Å². The summed E-state index contributed by atoms with van der Waals surface area (Å²) < 4.78 is 0. The number of hydrogen-bond acceptors (Lipinski definition) is 6. The second-order valence-electron chi connectivity index (χ2n) is 5.37. The number of fused-ring (bicyclic) bond motifs is 1. The lowest BCUT2D eigenvalue weighted by Gasteiger charge is -2.27. The van der Waals surface area contributed by atoms with E-state index in [2.05, 4.69) is 9.97 Å². The maximum atomic E-state index is 12.0. The number of nitrogens with one attached hydrogen (secondary N) is 1. The zero-order chi connectivity index (χ0) is 16.6. The summed E-state index contributed by atoms with van der Waals surface area (Å²) in [5, 5.41) is 11.3. The predicted molar refractivity (Wildman–Crippen MR) is 85.2 cm³/mol. The Hall–Kier alpha value is -2.45. The van der Waals surface area contributed by atoms with E-state index in [0.29, 0.717) is 47.9 Å². The molecule has 0 atom stereocenters. The van der Waals surface area contributed by atoms with Crippen LogP contribution in [0.2, 0.25) is 5.02 Å². The van der Waals surface area contributed by atoms with Crippen LogP contribution in [0.4, 0.5) is 11.6 Å². The van der Waals surface area contributed by atoms with Crippen LogP contribution in [0.5, 0.6) is 0 Å². The first kappa shape index (κ1) is 15.4. The number of nitro groups is 1. The number of nitro benzene ring substituents is 1. The average Bonchev–Trinajstić information content (AvgIpc) is 2.49. The number of hydrogen-bond donors (Lipinski definition) is 2. The lowest BCUT2D eigenvalue weighted by molar-refractivity contribution is -0.384. The lowest BCUT2D eigenvalue weighted by Crippen LogP contribution is -2.35. The Morgan fingerprint density at radius 1 is 1.48 bits per heavy atom. The van der Waals surface area contributed by atoms with E-state index in [1.54, 1.807) is 0 Å². The molecule has 8 nitrogen and oxygen atoms in total. The maximum absolute atomic E-state index is 12.0. The van der Waals surface area contributed by atoms with Crippen LogP contribution in [-0.4, -0.2) is 26.3 Å². The first-order valence-corrected chi connectivity index (χ1v) is 7.34. The Kier molecular flexibility index (Phi) is 4.01. The average molecular weight is 336 g/mol. The minimum atomic E-state index is -0.456. The number of aromatic nitrogens is 2. The smallest absolute Gasteiger partial charge is 0.269 e. The molecule has 0 saturated heterocycles. The van der Waals surface area contributed by atoms with E-state index in [4.69, 9.17) is 17.3 Å². The van der Waals surface area contributed by atoms with Gasteiger partial charge in [0.1, 0.15) is 0 Å². The van der Waals surface area contributed by atoms with Gasteiger partial charge in [-0.2, -0.15) is 0 Å². The molecular weight excluding hydrogens is 322 g/mol. The number of nitrogen functional groups attached to an aromatic ring is 1. The zero-order valence-corrected chi connectivity index (χ0v) is 12.8. The van der Waals surface area contributed by atoms with Gasteiger partial charge < -0.3 is 5.73 Å². The minimum absolute atomic E-state index is 0.00547. The number of benzene rings is 1. The Morgan fingerprint density at radius 2 is 2.26 bits per heavy atom. The maximum Gasteiger partial charge on any atom is 0.269 e.